The second-order valence-corrected chi connectivity index (χ2v) is 16.4. The maximum Gasteiger partial charge on any atom is 0.216 e. The van der Waals surface area contributed by atoms with E-state index in [0.717, 1.165) is 19.3 Å². The molecule has 0 aliphatic rings. The molecule has 116 valence electrons. The summed E-state index contributed by atoms with van der Waals surface area (Å²) in [5, 5.41) is 0.0180. The summed E-state index contributed by atoms with van der Waals surface area (Å²) < 4.78 is 13.2. The SMILES string of the molecule is CCC(O[Si](C)(C)C(CC)(CC)O[SiH](C)C)[SiH](C)C. The molecule has 5 heteroatoms. The Morgan fingerprint density at radius 3 is 1.74 bits per heavy atom. The van der Waals surface area contributed by atoms with Gasteiger partial charge in [-0.25, -0.2) is 0 Å². The molecule has 0 saturated carbocycles. The molecule has 0 fully saturated rings. The van der Waals surface area contributed by atoms with E-state index in [-0.39, 0.29) is 5.22 Å². The van der Waals surface area contributed by atoms with Crippen molar-refractivity contribution in [1.82, 2.24) is 0 Å². The Morgan fingerprint density at radius 1 is 1.00 bits per heavy atom. The van der Waals surface area contributed by atoms with Crippen LogP contribution in [-0.2, 0) is 8.85 Å². The third-order valence-electron chi connectivity index (χ3n) is 4.29. The molecule has 0 aromatic carbocycles. The van der Waals surface area contributed by atoms with Crippen LogP contribution in [-0.4, -0.2) is 37.1 Å². The standard InChI is InChI=1S/C14H36O2Si3/c1-10-13(17(4)5)15-19(8,9)14(11-2,12-3)16-18(6)7/h13,17-18H,10-12H2,1-9H3. The van der Waals surface area contributed by atoms with Crippen molar-refractivity contribution in [3.8, 4) is 0 Å². The molecule has 0 saturated heterocycles. The predicted molar refractivity (Wildman–Crippen MR) is 94.8 cm³/mol. The van der Waals surface area contributed by atoms with Gasteiger partial charge in [-0.2, -0.15) is 0 Å². The molecule has 0 radical (unpaired) electrons. The summed E-state index contributed by atoms with van der Waals surface area (Å²) in [6.45, 7) is 20.9. The van der Waals surface area contributed by atoms with Crippen molar-refractivity contribution in [2.24, 2.45) is 0 Å². The molecule has 0 aromatic heterocycles. The topological polar surface area (TPSA) is 18.5 Å². The average Bonchev–Trinajstić information content (AvgIpc) is 2.32. The first kappa shape index (κ1) is 19.6. The monoisotopic (exact) mass is 320 g/mol. The lowest BCUT2D eigenvalue weighted by atomic mass is 10.2. The fourth-order valence-corrected chi connectivity index (χ4v) is 12.0. The third kappa shape index (κ3) is 5.12. The minimum atomic E-state index is -1.85. The first-order chi connectivity index (χ1) is 8.65. The van der Waals surface area contributed by atoms with Crippen molar-refractivity contribution in [3.63, 3.8) is 0 Å². The van der Waals surface area contributed by atoms with Crippen LogP contribution in [0.1, 0.15) is 40.0 Å². The van der Waals surface area contributed by atoms with Crippen molar-refractivity contribution in [3.05, 3.63) is 0 Å². The van der Waals surface area contributed by atoms with E-state index in [4.69, 9.17) is 8.85 Å². The van der Waals surface area contributed by atoms with E-state index < -0.39 is 26.2 Å². The lowest BCUT2D eigenvalue weighted by Crippen LogP contribution is -2.61. The molecule has 0 rings (SSSR count). The lowest BCUT2D eigenvalue weighted by Gasteiger charge is -2.47. The van der Waals surface area contributed by atoms with Crippen LogP contribution in [0.5, 0.6) is 0 Å². The van der Waals surface area contributed by atoms with Crippen LogP contribution in [0.25, 0.3) is 0 Å². The van der Waals surface area contributed by atoms with E-state index in [1.54, 1.807) is 0 Å². The highest BCUT2D eigenvalue weighted by Gasteiger charge is 2.48. The van der Waals surface area contributed by atoms with Gasteiger partial charge in [0.15, 0.2) is 9.04 Å². The Bertz CT molecular complexity index is 251. The highest BCUT2D eigenvalue weighted by molar-refractivity contribution is 6.75. The van der Waals surface area contributed by atoms with Crippen LogP contribution < -0.4 is 0 Å². The maximum absolute atomic E-state index is 6.69. The first-order valence-electron chi connectivity index (χ1n) is 8.01. The zero-order valence-electron chi connectivity index (χ0n) is 14.7. The molecule has 1 atom stereocenters. The fraction of sp³-hybridized carbons (Fsp3) is 1.00. The average molecular weight is 321 g/mol. The van der Waals surface area contributed by atoms with Gasteiger partial charge in [0, 0.05) is 5.73 Å². The molecule has 0 spiro atoms. The minimum absolute atomic E-state index is 0.0180. The Balaban J connectivity index is 5.17. The third-order valence-corrected chi connectivity index (χ3v) is 11.7. The quantitative estimate of drug-likeness (QED) is 0.595. The highest BCUT2D eigenvalue weighted by atomic mass is 28.4. The zero-order chi connectivity index (χ0) is 15.3. The van der Waals surface area contributed by atoms with Crippen LogP contribution in [0.4, 0.5) is 0 Å². The van der Waals surface area contributed by atoms with Crippen molar-refractivity contribution < 1.29 is 8.85 Å². The molecular formula is C14H36O2Si3. The van der Waals surface area contributed by atoms with E-state index in [0.29, 0.717) is 5.73 Å². The largest absolute Gasteiger partial charge is 0.415 e. The van der Waals surface area contributed by atoms with Crippen molar-refractivity contribution in [2.75, 3.05) is 0 Å². The van der Waals surface area contributed by atoms with Crippen LogP contribution in [0.15, 0.2) is 0 Å². The smallest absolute Gasteiger partial charge is 0.216 e. The minimum Gasteiger partial charge on any atom is -0.415 e. The molecule has 19 heavy (non-hydrogen) atoms. The maximum atomic E-state index is 6.69. The van der Waals surface area contributed by atoms with E-state index in [2.05, 4.69) is 60.1 Å². The summed E-state index contributed by atoms with van der Waals surface area (Å²) in [5.74, 6) is 0. The molecule has 0 amide bonds. The zero-order valence-corrected chi connectivity index (χ0v) is 18.0. The molecule has 1 unspecified atom stereocenters. The Labute approximate surface area is 125 Å². The van der Waals surface area contributed by atoms with Gasteiger partial charge in [0.2, 0.25) is 8.32 Å². The van der Waals surface area contributed by atoms with Crippen LogP contribution >= 0.6 is 0 Å². The number of rotatable bonds is 9. The number of hydrogen-bond acceptors (Lipinski definition) is 2. The Morgan fingerprint density at radius 2 is 1.47 bits per heavy atom. The first-order valence-corrected chi connectivity index (χ1v) is 16.7. The fourth-order valence-electron chi connectivity index (χ4n) is 3.04. The normalized spacial score (nSPS) is 15.3. The Hall–Kier alpha value is 0.571. The number of hydrogen-bond donors (Lipinski definition) is 0. The van der Waals surface area contributed by atoms with Gasteiger partial charge in [0.25, 0.3) is 0 Å². The van der Waals surface area contributed by atoms with E-state index in [1.165, 1.54) is 0 Å². The van der Waals surface area contributed by atoms with Crippen molar-refractivity contribution in [1.29, 1.82) is 0 Å². The molecule has 0 N–H and O–H groups in total. The summed E-state index contributed by atoms with van der Waals surface area (Å²) in [5.41, 5.74) is 0.511. The van der Waals surface area contributed by atoms with Gasteiger partial charge < -0.3 is 8.85 Å². The molecule has 0 aromatic rings. The van der Waals surface area contributed by atoms with Crippen LogP contribution in [0, 0.1) is 0 Å². The van der Waals surface area contributed by atoms with Gasteiger partial charge in [-0.3, -0.25) is 0 Å². The van der Waals surface area contributed by atoms with E-state index >= 15 is 0 Å². The summed E-state index contributed by atoms with van der Waals surface area (Å²) in [7, 11) is -3.64. The van der Waals surface area contributed by atoms with Crippen molar-refractivity contribution in [2.45, 2.75) is 90.3 Å². The van der Waals surface area contributed by atoms with Crippen LogP contribution in [0.2, 0.25) is 39.3 Å². The van der Waals surface area contributed by atoms with Gasteiger partial charge in [0.1, 0.15) is 0 Å². The second-order valence-electron chi connectivity index (χ2n) is 6.69. The molecule has 0 heterocycles. The Kier molecular flexibility index (Phi) is 8.36. The van der Waals surface area contributed by atoms with Gasteiger partial charge in [0.05, 0.1) is 14.0 Å². The summed E-state index contributed by atoms with van der Waals surface area (Å²) in [6.07, 6.45) is 3.33. The molecule has 2 nitrogen and oxygen atoms in total. The molecule has 0 bridgehead atoms. The molecule has 0 aliphatic heterocycles. The second kappa shape index (κ2) is 8.12. The highest BCUT2D eigenvalue weighted by Crippen LogP contribution is 2.35. The van der Waals surface area contributed by atoms with Gasteiger partial charge in [-0.15, -0.1) is 0 Å². The lowest BCUT2D eigenvalue weighted by molar-refractivity contribution is 0.0955. The van der Waals surface area contributed by atoms with Crippen molar-refractivity contribution >= 4 is 26.2 Å². The van der Waals surface area contributed by atoms with Crippen LogP contribution in [0.3, 0.4) is 0 Å². The molecule has 0 aliphatic carbocycles. The van der Waals surface area contributed by atoms with E-state index in [9.17, 15) is 0 Å². The van der Waals surface area contributed by atoms with Gasteiger partial charge >= 0.3 is 0 Å². The van der Waals surface area contributed by atoms with E-state index in [1.807, 2.05) is 0 Å². The molecular weight excluding hydrogens is 284 g/mol. The van der Waals surface area contributed by atoms with Gasteiger partial charge in [-0.1, -0.05) is 33.9 Å². The predicted octanol–water partition coefficient (Wildman–Crippen LogP) is 4.11. The summed E-state index contributed by atoms with van der Waals surface area (Å²) >= 11 is 0. The summed E-state index contributed by atoms with van der Waals surface area (Å²) in [6, 6.07) is 0. The van der Waals surface area contributed by atoms with Gasteiger partial charge in [-0.05, 0) is 45.5 Å². The summed E-state index contributed by atoms with van der Waals surface area (Å²) in [4.78, 5) is 0.